The molecule has 6 heteroatoms. The van der Waals surface area contributed by atoms with Crippen LogP contribution in [0.4, 0.5) is 5.69 Å². The van der Waals surface area contributed by atoms with Crippen molar-refractivity contribution in [3.8, 4) is 17.1 Å². The van der Waals surface area contributed by atoms with Crippen molar-refractivity contribution in [2.75, 3.05) is 12.4 Å². The summed E-state index contributed by atoms with van der Waals surface area (Å²) in [7, 11) is 1.61. The molecule has 0 saturated carbocycles. The van der Waals surface area contributed by atoms with E-state index in [0.29, 0.717) is 22.2 Å². The number of aryl methyl sites for hydroxylation is 1. The number of methoxy groups -OCH3 is 1. The molecule has 0 aliphatic heterocycles. The van der Waals surface area contributed by atoms with Gasteiger partial charge in [-0.15, -0.1) is 0 Å². The van der Waals surface area contributed by atoms with Gasteiger partial charge in [-0.3, -0.25) is 4.79 Å². The van der Waals surface area contributed by atoms with Gasteiger partial charge in [0.2, 0.25) is 5.91 Å². The van der Waals surface area contributed by atoms with E-state index in [-0.39, 0.29) is 12.3 Å². The lowest BCUT2D eigenvalue weighted by molar-refractivity contribution is -0.115. The van der Waals surface area contributed by atoms with Gasteiger partial charge in [0.05, 0.1) is 19.2 Å². The predicted octanol–water partition coefficient (Wildman–Crippen LogP) is 4.49. The Balaban J connectivity index is 1.68. The number of aromatic nitrogens is 1. The molecule has 2 aromatic carbocycles. The number of anilines is 1. The summed E-state index contributed by atoms with van der Waals surface area (Å²) < 4.78 is 10.5. The minimum atomic E-state index is -0.181. The van der Waals surface area contributed by atoms with Crippen LogP contribution in [0, 0.1) is 6.92 Å². The number of benzene rings is 2. The fourth-order valence-corrected chi connectivity index (χ4v) is 2.55. The van der Waals surface area contributed by atoms with Crippen LogP contribution in [0.2, 0.25) is 5.02 Å². The Morgan fingerprint density at radius 3 is 2.68 bits per heavy atom. The van der Waals surface area contributed by atoms with Gasteiger partial charge in [-0.1, -0.05) is 22.8 Å². The number of halogens is 1. The molecule has 1 aromatic heterocycles. The van der Waals surface area contributed by atoms with Gasteiger partial charge in [-0.2, -0.15) is 0 Å². The molecule has 25 heavy (non-hydrogen) atoms. The van der Waals surface area contributed by atoms with E-state index in [4.69, 9.17) is 20.9 Å². The average Bonchev–Trinajstić information content (AvgIpc) is 3.06. The molecule has 0 unspecified atom stereocenters. The van der Waals surface area contributed by atoms with Crippen molar-refractivity contribution in [2.24, 2.45) is 0 Å². The summed E-state index contributed by atoms with van der Waals surface area (Å²) in [6.07, 6.45) is 0.117. The number of carbonyl (C=O) groups is 1. The van der Waals surface area contributed by atoms with E-state index in [9.17, 15) is 4.79 Å². The van der Waals surface area contributed by atoms with Crippen LogP contribution < -0.4 is 10.1 Å². The van der Waals surface area contributed by atoms with Crippen LogP contribution in [0.15, 0.2) is 53.1 Å². The maximum absolute atomic E-state index is 12.2. The molecule has 1 amide bonds. The summed E-state index contributed by atoms with van der Waals surface area (Å²) in [5.74, 6) is 1.18. The molecule has 0 aliphatic rings. The van der Waals surface area contributed by atoms with Crippen molar-refractivity contribution in [3.05, 3.63) is 64.8 Å². The highest BCUT2D eigenvalue weighted by atomic mass is 35.5. The van der Waals surface area contributed by atoms with Gasteiger partial charge in [-0.05, 0) is 48.9 Å². The third kappa shape index (κ3) is 4.19. The first-order chi connectivity index (χ1) is 12.0. The number of nitrogens with zero attached hydrogens (tertiary/aromatic N) is 1. The zero-order chi connectivity index (χ0) is 17.8. The number of nitrogens with one attached hydrogen (secondary N) is 1. The number of hydrogen-bond acceptors (Lipinski definition) is 4. The Hall–Kier alpha value is -2.79. The first kappa shape index (κ1) is 17.0. The Labute approximate surface area is 150 Å². The highest BCUT2D eigenvalue weighted by Crippen LogP contribution is 2.24. The number of rotatable bonds is 5. The number of ether oxygens (including phenoxy) is 1. The maximum atomic E-state index is 12.2. The van der Waals surface area contributed by atoms with E-state index in [1.807, 2.05) is 37.3 Å². The Morgan fingerprint density at radius 1 is 1.20 bits per heavy atom. The molecule has 3 aromatic rings. The summed E-state index contributed by atoms with van der Waals surface area (Å²) in [5, 5.41) is 7.38. The molecule has 1 N–H and O–H groups in total. The van der Waals surface area contributed by atoms with Crippen LogP contribution in [0.1, 0.15) is 11.3 Å². The van der Waals surface area contributed by atoms with Crippen molar-refractivity contribution in [1.29, 1.82) is 0 Å². The quantitative estimate of drug-likeness (QED) is 0.731. The van der Waals surface area contributed by atoms with Gasteiger partial charge in [0, 0.05) is 22.3 Å². The van der Waals surface area contributed by atoms with Crippen molar-refractivity contribution in [2.45, 2.75) is 13.3 Å². The molecule has 128 valence electrons. The molecule has 1 heterocycles. The van der Waals surface area contributed by atoms with Crippen molar-refractivity contribution < 1.29 is 14.1 Å². The largest absolute Gasteiger partial charge is 0.497 e. The second-order valence-corrected chi connectivity index (χ2v) is 6.03. The molecule has 0 bridgehead atoms. The summed E-state index contributed by atoms with van der Waals surface area (Å²) in [6, 6.07) is 14.5. The second-order valence-electron chi connectivity index (χ2n) is 5.60. The van der Waals surface area contributed by atoms with E-state index in [0.717, 1.165) is 16.9 Å². The van der Waals surface area contributed by atoms with Gasteiger partial charge >= 0.3 is 0 Å². The minimum absolute atomic E-state index is 0.117. The van der Waals surface area contributed by atoms with Gasteiger partial charge in [0.1, 0.15) is 5.75 Å². The van der Waals surface area contributed by atoms with Crippen LogP contribution in [0.3, 0.4) is 0 Å². The molecule has 3 rings (SSSR count). The number of carbonyl (C=O) groups excluding carboxylic acids is 1. The lowest BCUT2D eigenvalue weighted by Gasteiger charge is -2.07. The van der Waals surface area contributed by atoms with Crippen molar-refractivity contribution in [1.82, 2.24) is 5.16 Å². The molecule has 0 spiro atoms. The number of amides is 1. The van der Waals surface area contributed by atoms with Gasteiger partial charge in [-0.25, -0.2) is 0 Å². The van der Waals surface area contributed by atoms with Crippen molar-refractivity contribution in [3.63, 3.8) is 0 Å². The standard InChI is InChI=1S/C19H17ClN2O3/c1-12-3-6-14(20)9-17(12)21-19(23)11-15-10-18(25-22-15)13-4-7-16(24-2)8-5-13/h3-10H,11H2,1-2H3,(H,21,23). The SMILES string of the molecule is COc1ccc(-c2cc(CC(=O)Nc3cc(Cl)ccc3C)no2)cc1. The third-order valence-electron chi connectivity index (χ3n) is 3.75. The highest BCUT2D eigenvalue weighted by molar-refractivity contribution is 6.31. The first-order valence-electron chi connectivity index (χ1n) is 7.71. The van der Waals surface area contributed by atoms with E-state index in [1.54, 1.807) is 25.3 Å². The molecule has 0 saturated heterocycles. The molecule has 0 aliphatic carbocycles. The average molecular weight is 357 g/mol. The van der Waals surface area contributed by atoms with Crippen LogP contribution >= 0.6 is 11.6 Å². The van der Waals surface area contributed by atoms with E-state index in [1.165, 1.54) is 0 Å². The molecule has 0 fully saturated rings. The third-order valence-corrected chi connectivity index (χ3v) is 3.98. The fourth-order valence-electron chi connectivity index (χ4n) is 2.37. The maximum Gasteiger partial charge on any atom is 0.230 e. The lowest BCUT2D eigenvalue weighted by Crippen LogP contribution is -2.15. The number of hydrogen-bond donors (Lipinski definition) is 1. The molecule has 5 nitrogen and oxygen atoms in total. The fraction of sp³-hybridized carbons (Fsp3) is 0.158. The van der Waals surface area contributed by atoms with Gasteiger partial charge in [0.15, 0.2) is 5.76 Å². The monoisotopic (exact) mass is 356 g/mol. The molecular weight excluding hydrogens is 340 g/mol. The summed E-state index contributed by atoms with van der Waals surface area (Å²) in [5.41, 5.74) is 3.06. The Kier molecular flexibility index (Phi) is 5.05. The minimum Gasteiger partial charge on any atom is -0.497 e. The van der Waals surface area contributed by atoms with E-state index >= 15 is 0 Å². The summed E-state index contributed by atoms with van der Waals surface area (Å²) >= 11 is 5.97. The summed E-state index contributed by atoms with van der Waals surface area (Å²) in [6.45, 7) is 1.91. The topological polar surface area (TPSA) is 64.4 Å². The van der Waals surface area contributed by atoms with Gasteiger partial charge in [0.25, 0.3) is 0 Å². The molecule has 0 atom stereocenters. The van der Waals surface area contributed by atoms with Crippen LogP contribution in [-0.2, 0) is 11.2 Å². The van der Waals surface area contributed by atoms with E-state index in [2.05, 4.69) is 10.5 Å². The smallest absolute Gasteiger partial charge is 0.230 e. The first-order valence-corrected chi connectivity index (χ1v) is 8.09. The van der Waals surface area contributed by atoms with Crippen molar-refractivity contribution >= 4 is 23.2 Å². The van der Waals surface area contributed by atoms with Crippen LogP contribution in [0.25, 0.3) is 11.3 Å². The zero-order valence-corrected chi connectivity index (χ0v) is 14.6. The van der Waals surface area contributed by atoms with E-state index < -0.39 is 0 Å². The predicted molar refractivity (Wildman–Crippen MR) is 97.0 cm³/mol. The molecule has 0 radical (unpaired) electrons. The zero-order valence-electron chi connectivity index (χ0n) is 13.9. The highest BCUT2D eigenvalue weighted by Gasteiger charge is 2.12. The van der Waals surface area contributed by atoms with Crippen LogP contribution in [-0.4, -0.2) is 18.2 Å². The Morgan fingerprint density at radius 2 is 1.96 bits per heavy atom. The summed E-state index contributed by atoms with van der Waals surface area (Å²) in [4.78, 5) is 12.2. The van der Waals surface area contributed by atoms with Gasteiger partial charge < -0.3 is 14.6 Å². The lowest BCUT2D eigenvalue weighted by atomic mass is 10.1. The normalized spacial score (nSPS) is 10.5. The second kappa shape index (κ2) is 7.40. The van der Waals surface area contributed by atoms with Crippen LogP contribution in [0.5, 0.6) is 5.75 Å². The Bertz CT molecular complexity index is 888. The molecular formula is C19H17ClN2O3.